The molecule has 5 aromatic rings. The third-order valence-corrected chi connectivity index (χ3v) is 7.95. The summed E-state index contributed by atoms with van der Waals surface area (Å²) in [5.74, 6) is -3.94. The number of methoxy groups -OCH3 is 1. The Hall–Kier alpha value is -5.87. The molecule has 3 heterocycles. The Morgan fingerprint density at radius 3 is 2.55 bits per heavy atom. The number of nitriles is 1. The Morgan fingerprint density at radius 2 is 1.87 bits per heavy atom. The average Bonchev–Trinajstić information content (AvgIpc) is 3.76. The minimum Gasteiger partial charge on any atom is -0.495 e. The van der Waals surface area contributed by atoms with Gasteiger partial charge in [0.25, 0.3) is 17.7 Å². The number of alkyl halides is 2. The lowest BCUT2D eigenvalue weighted by molar-refractivity contribution is 0.0428. The Kier molecular flexibility index (Phi) is 8.52. The fourth-order valence-electron chi connectivity index (χ4n) is 5.64. The van der Waals surface area contributed by atoms with Crippen molar-refractivity contribution in [1.29, 1.82) is 5.26 Å². The fourth-order valence-corrected chi connectivity index (χ4v) is 5.64. The van der Waals surface area contributed by atoms with E-state index in [0.29, 0.717) is 24.5 Å². The van der Waals surface area contributed by atoms with Crippen molar-refractivity contribution in [3.8, 4) is 11.8 Å². The molecule has 47 heavy (non-hydrogen) atoms. The van der Waals surface area contributed by atoms with Gasteiger partial charge in [0.2, 0.25) is 0 Å². The molecule has 0 aliphatic carbocycles. The van der Waals surface area contributed by atoms with Crippen LogP contribution in [0.1, 0.15) is 49.1 Å². The van der Waals surface area contributed by atoms with Crippen molar-refractivity contribution in [2.45, 2.75) is 18.5 Å². The predicted octanol–water partition coefficient (Wildman–Crippen LogP) is 5.48. The molecule has 13 heteroatoms. The molecule has 0 bridgehead atoms. The maximum Gasteiger partial charge on any atom is 0.298 e. The highest BCUT2D eigenvalue weighted by Crippen LogP contribution is 2.37. The summed E-state index contributed by atoms with van der Waals surface area (Å²) >= 11 is 0. The van der Waals surface area contributed by atoms with E-state index in [-0.39, 0.29) is 46.2 Å². The molecule has 6 rings (SSSR count). The van der Waals surface area contributed by atoms with Crippen molar-refractivity contribution < 1.29 is 27.6 Å². The van der Waals surface area contributed by atoms with Gasteiger partial charge in [-0.2, -0.15) is 19.1 Å². The molecular weight excluding hydrogens is 608 g/mol. The van der Waals surface area contributed by atoms with E-state index < -0.39 is 17.7 Å². The Balaban J connectivity index is 1.31. The minimum absolute atomic E-state index is 0.126. The van der Waals surface area contributed by atoms with Crippen LogP contribution in [0.15, 0.2) is 96.0 Å². The lowest BCUT2D eigenvalue weighted by Gasteiger charge is -2.36. The number of amides is 2. The van der Waals surface area contributed by atoms with Crippen molar-refractivity contribution in [3.63, 3.8) is 0 Å². The van der Waals surface area contributed by atoms with Gasteiger partial charge in [-0.25, -0.2) is 0 Å². The van der Waals surface area contributed by atoms with Gasteiger partial charge >= 0.3 is 0 Å². The van der Waals surface area contributed by atoms with Crippen LogP contribution in [0.3, 0.4) is 0 Å². The molecule has 0 saturated heterocycles. The second-order valence-electron chi connectivity index (χ2n) is 11.1. The molecule has 0 fully saturated rings. The Morgan fingerprint density at radius 1 is 1.13 bits per heavy atom. The van der Waals surface area contributed by atoms with E-state index in [9.17, 15) is 14.9 Å². The van der Waals surface area contributed by atoms with Crippen LogP contribution in [0.5, 0.6) is 5.75 Å². The number of aromatic nitrogens is 3. The van der Waals surface area contributed by atoms with Crippen molar-refractivity contribution >= 4 is 23.2 Å². The number of hydrogen-bond donors (Lipinski definition) is 1. The summed E-state index contributed by atoms with van der Waals surface area (Å²) in [6, 6.07) is 19.2. The summed E-state index contributed by atoms with van der Waals surface area (Å²) in [4.78, 5) is 30.9. The molecule has 1 atom stereocenters. The van der Waals surface area contributed by atoms with Crippen LogP contribution < -0.4 is 15.0 Å². The number of fused-ring (bicyclic) bond motifs is 1. The predicted molar refractivity (Wildman–Crippen MR) is 167 cm³/mol. The SMILES string of the molecule is COc1ccc(C(=O)Nc2cnn3c2C(=O)N(c2ccc(C(F)(F)c4ccccc4)cc2)CC3CN(C)Cc2cnoc2)cc1C#N. The van der Waals surface area contributed by atoms with Crippen LogP contribution in [0.4, 0.5) is 20.2 Å². The molecule has 0 spiro atoms. The smallest absolute Gasteiger partial charge is 0.298 e. The van der Waals surface area contributed by atoms with Gasteiger partial charge < -0.3 is 19.5 Å². The van der Waals surface area contributed by atoms with Crippen LogP contribution in [0.2, 0.25) is 0 Å². The third kappa shape index (κ3) is 6.18. The molecular formula is C34H29F2N7O4. The lowest BCUT2D eigenvalue weighted by Crippen LogP contribution is -2.47. The second kappa shape index (κ2) is 12.9. The Bertz CT molecular complexity index is 1940. The highest BCUT2D eigenvalue weighted by atomic mass is 19.3. The van der Waals surface area contributed by atoms with E-state index in [1.54, 1.807) is 35.3 Å². The monoisotopic (exact) mass is 637 g/mol. The maximum absolute atomic E-state index is 15.3. The van der Waals surface area contributed by atoms with E-state index >= 15 is 8.78 Å². The Labute approximate surface area is 268 Å². The number of carbonyl (C=O) groups is 2. The molecule has 238 valence electrons. The maximum atomic E-state index is 15.3. The van der Waals surface area contributed by atoms with Crippen molar-refractivity contribution in [3.05, 3.63) is 125 Å². The number of rotatable bonds is 10. The molecule has 0 saturated carbocycles. The number of hydrogen-bond acceptors (Lipinski definition) is 8. The molecule has 1 aliphatic rings. The molecule has 3 aromatic carbocycles. The second-order valence-corrected chi connectivity index (χ2v) is 11.1. The standard InChI is InChI=1S/C34H29F2N7O4/c1-41(18-22-16-39-47-21-22)19-28-20-42(27-11-9-26(10-12-27)34(35,36)25-6-4-3-5-7-25)33(45)31-29(17-38-43(28)31)40-32(44)23-8-13-30(46-2)24(14-23)15-37/h3-14,16-17,21,28H,18-20H2,1-2H3,(H,40,44). The van der Waals surface area contributed by atoms with Gasteiger partial charge in [-0.1, -0.05) is 47.6 Å². The van der Waals surface area contributed by atoms with Gasteiger partial charge in [0.15, 0.2) is 5.69 Å². The summed E-state index contributed by atoms with van der Waals surface area (Å²) in [7, 11) is 3.32. The number of halogens is 2. The lowest BCUT2D eigenvalue weighted by atomic mass is 10.00. The number of carbonyl (C=O) groups excluding carboxylic acids is 2. The number of nitrogens with one attached hydrogen (secondary N) is 1. The number of anilines is 2. The van der Waals surface area contributed by atoms with Crippen molar-refractivity contribution in [2.24, 2.45) is 0 Å². The summed E-state index contributed by atoms with van der Waals surface area (Å²) in [5, 5.41) is 20.5. The van der Waals surface area contributed by atoms with Crippen molar-refractivity contribution in [2.75, 3.05) is 37.5 Å². The summed E-state index contributed by atoms with van der Waals surface area (Å²) in [6.45, 7) is 1.13. The molecule has 0 radical (unpaired) electrons. The number of likely N-dealkylation sites (N-methyl/N-ethyl adjacent to an activating group) is 1. The summed E-state index contributed by atoms with van der Waals surface area (Å²) in [6.07, 6.45) is 4.56. The molecule has 2 amide bonds. The molecule has 11 nitrogen and oxygen atoms in total. The van der Waals surface area contributed by atoms with Gasteiger partial charge in [-0.3, -0.25) is 19.2 Å². The first-order valence-corrected chi connectivity index (χ1v) is 14.6. The zero-order chi connectivity index (χ0) is 33.1. The number of nitrogens with zero attached hydrogens (tertiary/aromatic N) is 6. The van der Waals surface area contributed by atoms with Crippen LogP contribution in [0, 0.1) is 11.3 Å². The minimum atomic E-state index is -3.23. The zero-order valence-electron chi connectivity index (χ0n) is 25.4. The first kappa shape index (κ1) is 31.1. The summed E-state index contributed by atoms with van der Waals surface area (Å²) < 4.78 is 42.3. The quantitative estimate of drug-likeness (QED) is 0.213. The number of benzene rings is 3. The average molecular weight is 638 g/mol. The zero-order valence-corrected chi connectivity index (χ0v) is 25.4. The highest BCUT2D eigenvalue weighted by molar-refractivity contribution is 6.13. The third-order valence-electron chi connectivity index (χ3n) is 7.95. The van der Waals surface area contributed by atoms with Crippen LogP contribution >= 0.6 is 0 Å². The fraction of sp³-hybridized carbons (Fsp3) is 0.206. The van der Waals surface area contributed by atoms with E-state index in [2.05, 4.69) is 15.6 Å². The van der Waals surface area contributed by atoms with E-state index in [1.165, 1.54) is 72.8 Å². The molecule has 1 aliphatic heterocycles. The van der Waals surface area contributed by atoms with Crippen LogP contribution in [-0.2, 0) is 12.5 Å². The van der Waals surface area contributed by atoms with Gasteiger partial charge in [-0.15, -0.1) is 0 Å². The van der Waals surface area contributed by atoms with E-state index in [4.69, 9.17) is 9.26 Å². The number of ether oxygens (including phenoxy) is 1. The van der Waals surface area contributed by atoms with Crippen LogP contribution in [0.25, 0.3) is 0 Å². The normalized spacial score (nSPS) is 14.5. The van der Waals surface area contributed by atoms with E-state index in [0.717, 1.165) is 5.56 Å². The van der Waals surface area contributed by atoms with Gasteiger partial charge in [-0.05, 0) is 37.4 Å². The van der Waals surface area contributed by atoms with Gasteiger partial charge in [0.05, 0.1) is 43.3 Å². The molecule has 1 unspecified atom stereocenters. The largest absolute Gasteiger partial charge is 0.495 e. The van der Waals surface area contributed by atoms with Gasteiger partial charge in [0, 0.05) is 41.0 Å². The topological polar surface area (TPSA) is 130 Å². The first-order valence-electron chi connectivity index (χ1n) is 14.6. The van der Waals surface area contributed by atoms with Gasteiger partial charge in [0.1, 0.15) is 18.1 Å². The highest BCUT2D eigenvalue weighted by Gasteiger charge is 2.38. The molecule has 2 aromatic heterocycles. The van der Waals surface area contributed by atoms with E-state index in [1.807, 2.05) is 18.0 Å². The molecule has 1 N–H and O–H groups in total. The first-order chi connectivity index (χ1) is 22.7. The summed E-state index contributed by atoms with van der Waals surface area (Å²) in [5.41, 5.74) is 1.57. The van der Waals surface area contributed by atoms with Crippen molar-refractivity contribution in [1.82, 2.24) is 19.8 Å². The van der Waals surface area contributed by atoms with Crippen LogP contribution in [-0.4, -0.2) is 58.9 Å².